The van der Waals surface area contributed by atoms with Crippen molar-refractivity contribution in [2.75, 3.05) is 20.2 Å². The summed E-state index contributed by atoms with van der Waals surface area (Å²) in [4.78, 5) is 1.99. The van der Waals surface area contributed by atoms with E-state index in [0.717, 1.165) is 11.3 Å². The minimum Gasteiger partial charge on any atom is -0.492 e. The van der Waals surface area contributed by atoms with Crippen molar-refractivity contribution in [2.24, 2.45) is 0 Å². The van der Waals surface area contributed by atoms with Crippen LogP contribution in [0.3, 0.4) is 0 Å². The molecule has 0 heterocycles. The number of hydrogen-bond donors (Lipinski definition) is 1. The van der Waals surface area contributed by atoms with Crippen molar-refractivity contribution in [2.45, 2.75) is 18.4 Å². The van der Waals surface area contributed by atoms with Crippen LogP contribution >= 0.6 is 0 Å². The van der Waals surface area contributed by atoms with E-state index in [0.29, 0.717) is 25.3 Å². The number of ether oxygens (including phenoxy) is 1. The van der Waals surface area contributed by atoms with Crippen molar-refractivity contribution in [1.82, 2.24) is 4.90 Å². The van der Waals surface area contributed by atoms with Gasteiger partial charge in [0.2, 0.25) is 0 Å². The van der Waals surface area contributed by atoms with E-state index in [1.54, 1.807) is 13.0 Å². The Bertz CT molecular complexity index is 744. The smallest absolute Gasteiger partial charge is 0.294 e. The van der Waals surface area contributed by atoms with Crippen LogP contribution in [0.25, 0.3) is 0 Å². The topological polar surface area (TPSA) is 66.8 Å². The first-order valence-corrected chi connectivity index (χ1v) is 8.73. The van der Waals surface area contributed by atoms with Crippen LogP contribution in [0.1, 0.15) is 11.1 Å². The van der Waals surface area contributed by atoms with Crippen molar-refractivity contribution in [3.63, 3.8) is 0 Å². The predicted octanol–water partition coefficient (Wildman–Crippen LogP) is 2.75. The number of aryl methyl sites for hydroxylation is 1. The number of benzene rings is 2. The van der Waals surface area contributed by atoms with E-state index in [2.05, 4.69) is 0 Å². The maximum absolute atomic E-state index is 11.3. The van der Waals surface area contributed by atoms with Gasteiger partial charge in [0.25, 0.3) is 10.1 Å². The molecular weight excluding hydrogens is 314 g/mol. The Hall–Kier alpha value is -1.89. The second-order valence-corrected chi connectivity index (χ2v) is 6.86. The molecule has 2 aromatic carbocycles. The van der Waals surface area contributed by atoms with Gasteiger partial charge in [0.15, 0.2) is 0 Å². The Morgan fingerprint density at radius 3 is 2.48 bits per heavy atom. The van der Waals surface area contributed by atoms with E-state index in [4.69, 9.17) is 4.74 Å². The van der Waals surface area contributed by atoms with E-state index >= 15 is 0 Å². The van der Waals surface area contributed by atoms with Crippen molar-refractivity contribution in [1.29, 1.82) is 0 Å². The molecule has 6 heteroatoms. The Kier molecular flexibility index (Phi) is 5.76. The highest BCUT2D eigenvalue weighted by Crippen LogP contribution is 2.17. The third-order valence-corrected chi connectivity index (χ3v) is 4.46. The fraction of sp³-hybridized carbons (Fsp3) is 0.294. The van der Waals surface area contributed by atoms with Gasteiger partial charge in [-0.3, -0.25) is 9.45 Å². The van der Waals surface area contributed by atoms with Gasteiger partial charge in [-0.05, 0) is 43.3 Å². The van der Waals surface area contributed by atoms with Crippen LogP contribution in [-0.4, -0.2) is 38.1 Å². The van der Waals surface area contributed by atoms with Gasteiger partial charge in [-0.1, -0.05) is 30.3 Å². The first-order valence-electron chi connectivity index (χ1n) is 7.29. The summed E-state index contributed by atoms with van der Waals surface area (Å²) in [7, 11) is -2.26. The van der Waals surface area contributed by atoms with Gasteiger partial charge in [-0.15, -0.1) is 0 Å². The predicted molar refractivity (Wildman–Crippen MR) is 89.3 cm³/mol. The van der Waals surface area contributed by atoms with Crippen LogP contribution in [0.15, 0.2) is 53.4 Å². The Balaban J connectivity index is 1.91. The molecule has 23 heavy (non-hydrogen) atoms. The SMILES string of the molecule is Cc1ccc(CN(C)CCOc2ccccc2)cc1S(=O)(=O)O. The molecule has 0 aliphatic rings. The van der Waals surface area contributed by atoms with Gasteiger partial charge in [0.1, 0.15) is 12.4 Å². The summed E-state index contributed by atoms with van der Waals surface area (Å²) in [6, 6.07) is 14.6. The molecule has 124 valence electrons. The Morgan fingerprint density at radius 1 is 1.13 bits per heavy atom. The summed E-state index contributed by atoms with van der Waals surface area (Å²) in [5.74, 6) is 0.824. The molecule has 0 bridgehead atoms. The Labute approximate surface area is 137 Å². The molecule has 0 aliphatic heterocycles. The summed E-state index contributed by atoms with van der Waals surface area (Å²) < 4.78 is 37.6. The van der Waals surface area contributed by atoms with Crippen molar-refractivity contribution >= 4 is 10.1 Å². The number of nitrogens with zero attached hydrogens (tertiary/aromatic N) is 1. The standard InChI is InChI=1S/C17H21NO4S/c1-14-8-9-15(12-17(14)23(19,20)21)13-18(2)10-11-22-16-6-4-3-5-7-16/h3-9,12H,10-11,13H2,1-2H3,(H,19,20,21). The molecule has 0 spiro atoms. The molecule has 0 aliphatic carbocycles. The van der Waals surface area contributed by atoms with Gasteiger partial charge >= 0.3 is 0 Å². The fourth-order valence-corrected chi connectivity index (χ4v) is 3.02. The zero-order valence-corrected chi connectivity index (χ0v) is 14.1. The van der Waals surface area contributed by atoms with E-state index in [1.807, 2.05) is 48.3 Å². The van der Waals surface area contributed by atoms with Gasteiger partial charge in [-0.2, -0.15) is 8.42 Å². The maximum Gasteiger partial charge on any atom is 0.294 e. The summed E-state index contributed by atoms with van der Waals surface area (Å²) in [5, 5.41) is 0. The second kappa shape index (κ2) is 7.59. The van der Waals surface area contributed by atoms with Crippen LogP contribution in [0.4, 0.5) is 0 Å². The number of para-hydroxylation sites is 1. The lowest BCUT2D eigenvalue weighted by Crippen LogP contribution is -2.24. The van der Waals surface area contributed by atoms with E-state index in [-0.39, 0.29) is 4.90 Å². The minimum absolute atomic E-state index is 0.0380. The zero-order valence-electron chi connectivity index (χ0n) is 13.3. The number of hydrogen-bond acceptors (Lipinski definition) is 4. The molecule has 2 aromatic rings. The summed E-state index contributed by atoms with van der Waals surface area (Å²) in [6.07, 6.45) is 0. The monoisotopic (exact) mass is 335 g/mol. The van der Waals surface area contributed by atoms with Crippen molar-refractivity contribution in [3.05, 3.63) is 59.7 Å². The molecule has 0 aromatic heterocycles. The van der Waals surface area contributed by atoms with Crippen LogP contribution in [-0.2, 0) is 16.7 Å². The van der Waals surface area contributed by atoms with Crippen molar-refractivity contribution in [3.8, 4) is 5.75 Å². The highest BCUT2D eigenvalue weighted by molar-refractivity contribution is 7.85. The highest BCUT2D eigenvalue weighted by atomic mass is 32.2. The van der Waals surface area contributed by atoms with E-state index < -0.39 is 10.1 Å². The highest BCUT2D eigenvalue weighted by Gasteiger charge is 2.14. The van der Waals surface area contributed by atoms with Crippen LogP contribution < -0.4 is 4.74 Å². The lowest BCUT2D eigenvalue weighted by molar-refractivity contribution is 0.233. The molecule has 5 nitrogen and oxygen atoms in total. The number of rotatable bonds is 7. The lowest BCUT2D eigenvalue weighted by Gasteiger charge is -2.17. The van der Waals surface area contributed by atoms with Crippen LogP contribution in [0.2, 0.25) is 0 Å². The zero-order chi connectivity index (χ0) is 16.9. The molecule has 0 saturated heterocycles. The van der Waals surface area contributed by atoms with Gasteiger partial charge < -0.3 is 4.74 Å². The molecule has 0 amide bonds. The molecule has 0 fully saturated rings. The average Bonchev–Trinajstić information content (AvgIpc) is 2.49. The average molecular weight is 335 g/mol. The Morgan fingerprint density at radius 2 is 1.83 bits per heavy atom. The lowest BCUT2D eigenvalue weighted by atomic mass is 10.1. The summed E-state index contributed by atoms with van der Waals surface area (Å²) in [5.41, 5.74) is 1.36. The summed E-state index contributed by atoms with van der Waals surface area (Å²) >= 11 is 0. The number of likely N-dealkylation sites (N-methyl/N-ethyl adjacent to an activating group) is 1. The second-order valence-electron chi connectivity index (χ2n) is 5.47. The normalized spacial score (nSPS) is 11.7. The third-order valence-electron chi connectivity index (χ3n) is 3.47. The van der Waals surface area contributed by atoms with Crippen LogP contribution in [0.5, 0.6) is 5.75 Å². The van der Waals surface area contributed by atoms with Crippen molar-refractivity contribution < 1.29 is 17.7 Å². The fourth-order valence-electron chi connectivity index (χ4n) is 2.25. The molecular formula is C17H21NO4S. The molecule has 0 saturated carbocycles. The van der Waals surface area contributed by atoms with Gasteiger partial charge in [0, 0.05) is 13.1 Å². The van der Waals surface area contributed by atoms with Gasteiger partial charge in [-0.25, -0.2) is 0 Å². The molecule has 0 unspecified atom stereocenters. The maximum atomic E-state index is 11.3. The minimum atomic E-state index is -4.19. The van der Waals surface area contributed by atoms with Crippen LogP contribution in [0, 0.1) is 6.92 Å². The molecule has 1 N–H and O–H groups in total. The van der Waals surface area contributed by atoms with Gasteiger partial charge in [0.05, 0.1) is 4.90 Å². The molecule has 0 radical (unpaired) electrons. The molecule has 2 rings (SSSR count). The first-order chi connectivity index (χ1) is 10.9. The first kappa shape index (κ1) is 17.5. The largest absolute Gasteiger partial charge is 0.492 e. The quantitative estimate of drug-likeness (QED) is 0.788. The summed E-state index contributed by atoms with van der Waals surface area (Å²) in [6.45, 7) is 3.47. The van der Waals surface area contributed by atoms with E-state index in [1.165, 1.54) is 6.07 Å². The van der Waals surface area contributed by atoms with E-state index in [9.17, 15) is 13.0 Å². The third kappa shape index (κ3) is 5.35. The molecule has 0 atom stereocenters.